The van der Waals surface area contributed by atoms with Gasteiger partial charge in [0.15, 0.2) is 0 Å². The summed E-state index contributed by atoms with van der Waals surface area (Å²) in [5, 5.41) is 2.45. The molecule has 0 fully saturated rings. The van der Waals surface area contributed by atoms with E-state index in [4.69, 9.17) is 0 Å². The molecule has 106 valence electrons. The van der Waals surface area contributed by atoms with Crippen LogP contribution in [0.1, 0.15) is 5.56 Å². The Kier molecular flexibility index (Phi) is 3.25. The first kappa shape index (κ1) is 13.4. The number of rotatable bonds is 1. The van der Waals surface area contributed by atoms with E-state index in [0.717, 1.165) is 6.08 Å². The van der Waals surface area contributed by atoms with Gasteiger partial charge in [0, 0.05) is 17.7 Å². The van der Waals surface area contributed by atoms with Crippen LogP contribution in [0.3, 0.4) is 0 Å². The average Bonchev–Trinajstić information content (AvgIpc) is 2.67. The van der Waals surface area contributed by atoms with E-state index in [0.29, 0.717) is 22.6 Å². The van der Waals surface area contributed by atoms with Crippen LogP contribution in [0.25, 0.3) is 0 Å². The van der Waals surface area contributed by atoms with Gasteiger partial charge in [0.1, 0.15) is 11.4 Å². The lowest BCUT2D eigenvalue weighted by Gasteiger charge is -2.12. The zero-order valence-electron chi connectivity index (χ0n) is 10.9. The maximum atomic E-state index is 13.1. The van der Waals surface area contributed by atoms with Gasteiger partial charge in [-0.05, 0) is 18.2 Å². The maximum absolute atomic E-state index is 13.1. The van der Waals surface area contributed by atoms with Gasteiger partial charge >= 0.3 is 6.18 Å². The third-order valence-corrected chi connectivity index (χ3v) is 3.14. The van der Waals surface area contributed by atoms with Crippen LogP contribution in [0.4, 0.5) is 24.5 Å². The summed E-state index contributed by atoms with van der Waals surface area (Å²) in [6.45, 7) is 0. The lowest BCUT2D eigenvalue weighted by molar-refractivity contribution is -0.350. The molecule has 1 aliphatic rings. The van der Waals surface area contributed by atoms with Crippen LogP contribution in [0.2, 0.25) is 0 Å². The summed E-state index contributed by atoms with van der Waals surface area (Å²) in [4.78, 5) is 3.06. The third-order valence-electron chi connectivity index (χ3n) is 3.14. The average molecular weight is 289 g/mol. The SMILES string of the molecule is FC(F)(F)C1=CC(c2ccccc2)=[NH+]c2ccccc2N1. The predicted molar refractivity (Wildman–Crippen MR) is 75.4 cm³/mol. The number of allylic oxidation sites excluding steroid dienone is 2. The van der Waals surface area contributed by atoms with Crippen LogP contribution in [0, 0.1) is 0 Å². The van der Waals surface area contributed by atoms with Gasteiger partial charge in [-0.1, -0.05) is 30.3 Å². The van der Waals surface area contributed by atoms with Gasteiger partial charge in [0.2, 0.25) is 11.4 Å². The summed E-state index contributed by atoms with van der Waals surface area (Å²) < 4.78 is 39.4. The molecule has 0 radical (unpaired) electrons. The van der Waals surface area contributed by atoms with Crippen molar-refractivity contribution in [2.75, 3.05) is 5.32 Å². The number of alkyl halides is 3. The van der Waals surface area contributed by atoms with Crippen molar-refractivity contribution in [1.29, 1.82) is 0 Å². The van der Waals surface area contributed by atoms with Crippen molar-refractivity contribution in [2.45, 2.75) is 6.18 Å². The zero-order valence-corrected chi connectivity index (χ0v) is 10.9. The molecule has 0 atom stereocenters. The summed E-state index contributed by atoms with van der Waals surface area (Å²) in [5.41, 5.74) is 1.30. The monoisotopic (exact) mass is 289 g/mol. The first-order valence-electron chi connectivity index (χ1n) is 6.38. The van der Waals surface area contributed by atoms with Gasteiger partial charge in [0.25, 0.3) is 0 Å². The second kappa shape index (κ2) is 5.09. The van der Waals surface area contributed by atoms with Gasteiger partial charge in [-0.15, -0.1) is 0 Å². The van der Waals surface area contributed by atoms with Crippen LogP contribution < -0.4 is 10.3 Å². The van der Waals surface area contributed by atoms with Crippen LogP contribution in [-0.2, 0) is 0 Å². The molecule has 5 heteroatoms. The molecule has 3 rings (SSSR count). The molecule has 0 saturated carbocycles. The van der Waals surface area contributed by atoms with Crippen LogP contribution in [0.5, 0.6) is 0 Å². The molecule has 2 nitrogen and oxygen atoms in total. The number of fused-ring (bicyclic) bond motifs is 1. The van der Waals surface area contributed by atoms with Gasteiger partial charge in [-0.25, -0.2) is 4.99 Å². The minimum absolute atomic E-state index is 0.395. The smallest absolute Gasteiger partial charge is 0.346 e. The molecular weight excluding hydrogens is 277 g/mol. The van der Waals surface area contributed by atoms with E-state index in [1.54, 1.807) is 48.5 Å². The standard InChI is InChI=1S/C16H11F3N2/c17-16(18,19)15-10-14(11-6-2-1-3-7-11)20-12-8-4-5-9-13(12)21-15/h1-10,21H/p+1. The number of nitrogens with one attached hydrogen (secondary N) is 2. The van der Waals surface area contributed by atoms with E-state index < -0.39 is 11.9 Å². The van der Waals surface area contributed by atoms with E-state index in [2.05, 4.69) is 10.3 Å². The maximum Gasteiger partial charge on any atom is 0.431 e. The number of halogens is 3. The van der Waals surface area contributed by atoms with E-state index in [1.807, 2.05) is 6.07 Å². The minimum Gasteiger partial charge on any atom is -0.346 e. The van der Waals surface area contributed by atoms with E-state index in [9.17, 15) is 13.2 Å². The van der Waals surface area contributed by atoms with Crippen molar-refractivity contribution < 1.29 is 18.2 Å². The Morgan fingerprint density at radius 1 is 0.857 bits per heavy atom. The quantitative estimate of drug-likeness (QED) is 0.829. The largest absolute Gasteiger partial charge is 0.431 e. The van der Waals surface area contributed by atoms with E-state index >= 15 is 0 Å². The van der Waals surface area contributed by atoms with Crippen LogP contribution in [-0.4, -0.2) is 11.9 Å². The minimum atomic E-state index is -4.45. The Morgan fingerprint density at radius 2 is 1.52 bits per heavy atom. The molecule has 21 heavy (non-hydrogen) atoms. The van der Waals surface area contributed by atoms with Gasteiger partial charge in [0.05, 0.1) is 0 Å². The van der Waals surface area contributed by atoms with Crippen molar-refractivity contribution in [3.05, 3.63) is 71.9 Å². The molecule has 2 N–H and O–H groups in total. The highest BCUT2D eigenvalue weighted by Crippen LogP contribution is 2.30. The third kappa shape index (κ3) is 2.81. The number of hydrogen-bond acceptors (Lipinski definition) is 1. The summed E-state index contributed by atoms with van der Waals surface area (Å²) >= 11 is 0. The van der Waals surface area contributed by atoms with Crippen molar-refractivity contribution in [3.8, 4) is 0 Å². The van der Waals surface area contributed by atoms with Crippen molar-refractivity contribution >= 4 is 17.1 Å². The van der Waals surface area contributed by atoms with Gasteiger partial charge in [-0.2, -0.15) is 13.2 Å². The highest BCUT2D eigenvalue weighted by Gasteiger charge is 2.37. The van der Waals surface area contributed by atoms with Gasteiger partial charge < -0.3 is 5.32 Å². The molecule has 2 aromatic rings. The lowest BCUT2D eigenvalue weighted by Crippen LogP contribution is -2.66. The summed E-state index contributed by atoms with van der Waals surface area (Å²) in [7, 11) is 0. The van der Waals surface area contributed by atoms with Crippen molar-refractivity contribution in [3.63, 3.8) is 0 Å². The lowest BCUT2D eigenvalue weighted by atomic mass is 10.1. The summed E-state index contributed by atoms with van der Waals surface area (Å²) in [6.07, 6.45) is -3.35. The van der Waals surface area contributed by atoms with Crippen molar-refractivity contribution in [1.82, 2.24) is 0 Å². The first-order valence-corrected chi connectivity index (χ1v) is 6.38. The second-order valence-electron chi connectivity index (χ2n) is 4.63. The molecule has 1 aliphatic heterocycles. The molecule has 2 aromatic carbocycles. The molecule has 1 heterocycles. The molecule has 0 bridgehead atoms. The number of benzene rings is 2. The highest BCUT2D eigenvalue weighted by molar-refractivity contribution is 6.06. The molecule has 0 amide bonds. The number of hydrogen-bond donors (Lipinski definition) is 2. The molecule has 0 saturated heterocycles. The Bertz CT molecular complexity index is 716. The van der Waals surface area contributed by atoms with Crippen LogP contribution >= 0.6 is 0 Å². The summed E-state index contributed by atoms with van der Waals surface area (Å²) in [6, 6.07) is 15.7. The zero-order chi connectivity index (χ0) is 14.9. The molecule has 0 aliphatic carbocycles. The fourth-order valence-electron chi connectivity index (χ4n) is 2.13. The number of anilines is 1. The highest BCUT2D eigenvalue weighted by atomic mass is 19.4. The second-order valence-corrected chi connectivity index (χ2v) is 4.63. The number of para-hydroxylation sites is 2. The fraction of sp³-hybridized carbons (Fsp3) is 0.0625. The Labute approximate surface area is 119 Å². The normalized spacial score (nSPS) is 14.4. The predicted octanol–water partition coefficient (Wildman–Crippen LogP) is 2.76. The summed E-state index contributed by atoms with van der Waals surface area (Å²) in [5.74, 6) is 0. The topological polar surface area (TPSA) is 26.0 Å². The van der Waals surface area contributed by atoms with E-state index in [-0.39, 0.29) is 0 Å². The van der Waals surface area contributed by atoms with Gasteiger partial charge in [-0.3, -0.25) is 0 Å². The molecule has 0 unspecified atom stereocenters. The Morgan fingerprint density at radius 3 is 2.24 bits per heavy atom. The first-order chi connectivity index (χ1) is 10.0. The molecular formula is C16H12F3N2+. The Balaban J connectivity index is 2.17. The van der Waals surface area contributed by atoms with Crippen LogP contribution in [0.15, 0.2) is 66.4 Å². The molecule has 0 spiro atoms. The van der Waals surface area contributed by atoms with Crippen molar-refractivity contribution in [2.24, 2.45) is 0 Å². The van der Waals surface area contributed by atoms with E-state index in [1.165, 1.54) is 0 Å². The fourth-order valence-corrected chi connectivity index (χ4v) is 2.13. The Hall–Kier alpha value is -2.56. The molecule has 0 aromatic heterocycles.